The van der Waals surface area contributed by atoms with Crippen LogP contribution in [0.2, 0.25) is 0 Å². The van der Waals surface area contributed by atoms with Gasteiger partial charge in [0.1, 0.15) is 0 Å². The van der Waals surface area contributed by atoms with Crippen molar-refractivity contribution in [3.8, 4) is 11.0 Å². The van der Waals surface area contributed by atoms with Crippen molar-refractivity contribution in [2.24, 2.45) is 0 Å². The van der Waals surface area contributed by atoms with Crippen LogP contribution >= 0.6 is 0 Å². The number of hydrogen-bond acceptors (Lipinski definition) is 1. The minimum atomic E-state index is 1.17. The third-order valence-electron chi connectivity index (χ3n) is 3.72. The molecule has 0 N–H and O–H groups in total. The Bertz CT molecular complexity index is 847. The molecule has 3 aromatic carbocycles. The summed E-state index contributed by atoms with van der Waals surface area (Å²) < 4.78 is 0. The van der Waals surface area contributed by atoms with E-state index in [1.54, 1.807) is 0 Å². The Kier molecular flexibility index (Phi) is 2.60. The van der Waals surface area contributed by atoms with E-state index in [9.17, 15) is 0 Å². The van der Waals surface area contributed by atoms with E-state index in [1.807, 2.05) is 18.4 Å². The van der Waals surface area contributed by atoms with E-state index < -0.39 is 0 Å². The average Bonchev–Trinajstić information content (AvgIpc) is 2.53. The molecule has 0 unspecified atom stereocenters. The van der Waals surface area contributed by atoms with E-state index >= 15 is 0 Å². The van der Waals surface area contributed by atoms with Crippen LogP contribution in [0.1, 0.15) is 0 Å². The molecule has 1 aromatic heterocycles. The van der Waals surface area contributed by atoms with E-state index in [4.69, 9.17) is 0 Å². The second-order valence-electron chi connectivity index (χ2n) is 4.94. The van der Waals surface area contributed by atoms with Gasteiger partial charge in [0.2, 0.25) is 0 Å². The number of nitrogens with zero attached hydrogens (tertiary/aromatic N) is 1. The van der Waals surface area contributed by atoms with Gasteiger partial charge in [0.05, 0.1) is 0 Å². The monoisotopic (exact) mass is 253 g/mol. The summed E-state index contributed by atoms with van der Waals surface area (Å²) in [6, 6.07) is 19.3. The molecule has 0 aliphatic rings. The van der Waals surface area contributed by atoms with Crippen molar-refractivity contribution in [2.75, 3.05) is 0 Å². The zero-order valence-corrected chi connectivity index (χ0v) is 11.0. The summed E-state index contributed by atoms with van der Waals surface area (Å²) in [5, 5.41) is 5.09. The normalized spacial score (nSPS) is 10.8. The second-order valence-corrected chi connectivity index (χ2v) is 4.94. The fraction of sp³-hybridized carbons (Fsp3) is 0. The summed E-state index contributed by atoms with van der Waals surface area (Å²) >= 11 is 0. The van der Waals surface area contributed by atoms with Crippen LogP contribution in [0, 0.1) is 0 Å². The molecule has 0 spiro atoms. The van der Waals surface area contributed by atoms with Crippen LogP contribution in [0.5, 0.6) is 0 Å². The van der Waals surface area contributed by atoms with Crippen LogP contribution < -0.4 is 0 Å². The number of rotatable bonds is 1. The van der Waals surface area contributed by atoms with Gasteiger partial charge in [0.25, 0.3) is 0 Å². The van der Waals surface area contributed by atoms with Gasteiger partial charge in [0.15, 0.2) is 0 Å². The number of aromatic nitrogens is 1. The molecule has 0 fully saturated rings. The van der Waals surface area contributed by atoms with Crippen LogP contribution in [0.25, 0.3) is 32.6 Å². The van der Waals surface area contributed by atoms with Gasteiger partial charge in [-0.3, -0.25) is 0 Å². The maximum atomic E-state index is 4.27. The van der Waals surface area contributed by atoms with Crippen LogP contribution in [0.15, 0.2) is 73.0 Å². The molecule has 0 saturated heterocycles. The summed E-state index contributed by atoms with van der Waals surface area (Å²) in [6.45, 7) is 2.13. The van der Waals surface area contributed by atoms with Gasteiger partial charge in [-0.15, -0.1) is 0 Å². The van der Waals surface area contributed by atoms with Crippen LogP contribution in [-0.4, -0.2) is 11.9 Å². The molecule has 0 saturated carbocycles. The zero-order valence-electron chi connectivity index (χ0n) is 11.0. The summed E-state index contributed by atoms with van der Waals surface area (Å²) in [7, 11) is 0. The van der Waals surface area contributed by atoms with Gasteiger partial charge in [-0.05, 0) is 0 Å². The Morgan fingerprint density at radius 2 is 1.45 bits per heavy atom. The molecule has 0 aliphatic heterocycles. The fourth-order valence-corrected chi connectivity index (χ4v) is 2.84. The summed E-state index contributed by atoms with van der Waals surface area (Å²) in [6.07, 6.45) is 3.75. The van der Waals surface area contributed by atoms with E-state index in [0.717, 1.165) is 0 Å². The Morgan fingerprint density at radius 1 is 0.800 bits per heavy atom. The standard InChI is InChI=1S/C18H12BN/c1-3-7-15-13(5-1)11-14-6-2-4-8-16(14)18(15)17-12-20-10-9-19-17/h1-12H. The molecule has 20 heavy (non-hydrogen) atoms. The number of hydrogen-bond donors (Lipinski definition) is 0. The molecular formula is C18H12BN. The molecule has 0 atom stereocenters. The van der Waals surface area contributed by atoms with Crippen molar-refractivity contribution in [3.63, 3.8) is 0 Å². The molecule has 92 valence electrons. The molecule has 4 rings (SSSR count). The molecule has 0 amide bonds. The Morgan fingerprint density at radius 3 is 2.05 bits per heavy atom. The topological polar surface area (TPSA) is 12.9 Å². The van der Waals surface area contributed by atoms with Gasteiger partial charge < -0.3 is 0 Å². The summed E-state index contributed by atoms with van der Waals surface area (Å²) in [4.78, 5) is 4.27. The van der Waals surface area contributed by atoms with E-state index in [-0.39, 0.29) is 0 Å². The van der Waals surface area contributed by atoms with Gasteiger partial charge in [0, 0.05) is 0 Å². The predicted octanol–water partition coefficient (Wildman–Crippen LogP) is 4.39. The first-order chi connectivity index (χ1) is 9.93. The second kappa shape index (κ2) is 4.57. The maximum absolute atomic E-state index is 4.27. The van der Waals surface area contributed by atoms with Gasteiger partial charge in [-0.25, -0.2) is 0 Å². The van der Waals surface area contributed by atoms with E-state index in [1.165, 1.54) is 32.6 Å². The van der Waals surface area contributed by atoms with Crippen molar-refractivity contribution in [2.45, 2.75) is 0 Å². The fourth-order valence-electron chi connectivity index (χ4n) is 2.84. The van der Waals surface area contributed by atoms with Crippen molar-refractivity contribution in [1.82, 2.24) is 4.98 Å². The quantitative estimate of drug-likeness (QED) is 0.458. The molecular weight excluding hydrogens is 241 g/mol. The van der Waals surface area contributed by atoms with Crippen molar-refractivity contribution >= 4 is 28.5 Å². The molecule has 1 heterocycles. The molecule has 1 nitrogen and oxygen atoms in total. The van der Waals surface area contributed by atoms with Gasteiger partial charge in [-0.1, -0.05) is 0 Å². The number of fused-ring (bicyclic) bond motifs is 2. The molecule has 4 aromatic rings. The van der Waals surface area contributed by atoms with Gasteiger partial charge in [-0.2, -0.15) is 0 Å². The first-order valence-corrected chi connectivity index (χ1v) is 6.74. The number of benzene rings is 3. The molecule has 0 bridgehead atoms. The predicted molar refractivity (Wildman–Crippen MR) is 86.0 cm³/mol. The van der Waals surface area contributed by atoms with E-state index in [2.05, 4.69) is 66.5 Å². The Labute approximate surface area is 118 Å². The first-order valence-electron chi connectivity index (χ1n) is 6.74. The average molecular weight is 253 g/mol. The molecule has 2 heteroatoms. The molecule has 0 aliphatic carbocycles. The Balaban J connectivity index is 2.24. The Hall–Kier alpha value is -2.48. The SMILES string of the molecule is b1ccncc1-c1c2ccccc2cc2ccccc12. The third-order valence-corrected chi connectivity index (χ3v) is 3.72. The van der Waals surface area contributed by atoms with Crippen molar-refractivity contribution < 1.29 is 0 Å². The van der Waals surface area contributed by atoms with Crippen LogP contribution in [-0.2, 0) is 0 Å². The van der Waals surface area contributed by atoms with Crippen molar-refractivity contribution in [3.05, 3.63) is 73.0 Å². The minimum absolute atomic E-state index is 1.17. The van der Waals surface area contributed by atoms with Crippen LogP contribution in [0.4, 0.5) is 0 Å². The van der Waals surface area contributed by atoms with Crippen LogP contribution in [0.3, 0.4) is 0 Å². The first kappa shape index (κ1) is 11.4. The third kappa shape index (κ3) is 1.73. The zero-order chi connectivity index (χ0) is 13.4. The summed E-state index contributed by atoms with van der Waals surface area (Å²) in [5.74, 6) is 1.99. The van der Waals surface area contributed by atoms with Gasteiger partial charge >= 0.3 is 117 Å². The van der Waals surface area contributed by atoms with E-state index in [0.29, 0.717) is 0 Å². The molecule has 0 radical (unpaired) electrons. The van der Waals surface area contributed by atoms with Crippen molar-refractivity contribution in [1.29, 1.82) is 0 Å². The summed E-state index contributed by atoms with van der Waals surface area (Å²) in [5.41, 5.74) is 2.44.